The molecule has 0 bridgehead atoms. The molecule has 0 radical (unpaired) electrons. The Morgan fingerprint density at radius 2 is 2.14 bits per heavy atom. The predicted octanol–water partition coefficient (Wildman–Crippen LogP) is 1.57. The van der Waals surface area contributed by atoms with Gasteiger partial charge in [0.25, 0.3) is 0 Å². The van der Waals surface area contributed by atoms with Crippen LogP contribution in [0.15, 0.2) is 17.5 Å². The van der Waals surface area contributed by atoms with Crippen LogP contribution >= 0.6 is 23.1 Å². The van der Waals surface area contributed by atoms with Gasteiger partial charge < -0.3 is 11.1 Å². The van der Waals surface area contributed by atoms with Gasteiger partial charge in [-0.25, -0.2) is 0 Å². The summed E-state index contributed by atoms with van der Waals surface area (Å²) in [5.74, 6) is 2.61. The molecule has 0 spiro atoms. The van der Waals surface area contributed by atoms with Gasteiger partial charge in [0.15, 0.2) is 0 Å². The molecule has 3 N–H and O–H groups in total. The van der Waals surface area contributed by atoms with Crippen LogP contribution in [0.4, 0.5) is 0 Å². The number of nitrogens with one attached hydrogen (secondary N) is 1. The fourth-order valence-electron chi connectivity index (χ4n) is 1.11. The van der Waals surface area contributed by atoms with E-state index in [0.29, 0.717) is 0 Å². The van der Waals surface area contributed by atoms with Crippen LogP contribution in [0.3, 0.4) is 0 Å². The number of rotatable bonds is 2. The minimum absolute atomic E-state index is 0.764. The van der Waals surface area contributed by atoms with Gasteiger partial charge in [0.2, 0.25) is 0 Å². The fraction of sp³-hybridized carbons (Fsp3) is 0.600. The summed E-state index contributed by atoms with van der Waals surface area (Å²) in [5, 5.41) is 5.34. The molecular weight excluding hydrogens is 212 g/mol. The van der Waals surface area contributed by atoms with E-state index in [4.69, 9.17) is 5.73 Å². The first-order chi connectivity index (χ1) is 6.93. The molecule has 1 aliphatic rings. The van der Waals surface area contributed by atoms with Gasteiger partial charge in [-0.2, -0.15) is 11.8 Å². The summed E-state index contributed by atoms with van der Waals surface area (Å²) in [6.07, 6.45) is 1.03. The summed E-state index contributed by atoms with van der Waals surface area (Å²) in [5.41, 5.74) is 5.33. The quantitative estimate of drug-likeness (QED) is 0.810. The molecule has 1 aliphatic heterocycles. The molecule has 1 fully saturated rings. The minimum atomic E-state index is 0.764. The SMILES string of the molecule is C1CSCCN1.NCCc1cccs1. The molecule has 1 aromatic rings. The number of hydrogen-bond donors (Lipinski definition) is 2. The molecule has 1 aromatic heterocycles. The Balaban J connectivity index is 0.000000146. The largest absolute Gasteiger partial charge is 0.330 e. The van der Waals surface area contributed by atoms with Gasteiger partial charge >= 0.3 is 0 Å². The Labute approximate surface area is 94.3 Å². The second-order valence-corrected chi connectivity index (χ2v) is 5.24. The fourth-order valence-corrected chi connectivity index (χ4v) is 2.62. The first kappa shape index (κ1) is 12.0. The van der Waals surface area contributed by atoms with Crippen molar-refractivity contribution in [2.24, 2.45) is 5.73 Å². The van der Waals surface area contributed by atoms with E-state index in [-0.39, 0.29) is 0 Å². The zero-order valence-electron chi connectivity index (χ0n) is 8.37. The average molecular weight is 230 g/mol. The lowest BCUT2D eigenvalue weighted by Crippen LogP contribution is -2.24. The lowest BCUT2D eigenvalue weighted by molar-refractivity contribution is 0.756. The first-order valence-electron chi connectivity index (χ1n) is 4.94. The maximum atomic E-state index is 5.33. The van der Waals surface area contributed by atoms with Crippen molar-refractivity contribution < 1.29 is 0 Å². The Hall–Kier alpha value is -0.0300. The van der Waals surface area contributed by atoms with Crippen molar-refractivity contribution in [1.29, 1.82) is 0 Å². The summed E-state index contributed by atoms with van der Waals surface area (Å²) in [4.78, 5) is 1.38. The van der Waals surface area contributed by atoms with Crippen LogP contribution in [-0.4, -0.2) is 31.1 Å². The van der Waals surface area contributed by atoms with Gasteiger partial charge in [-0.3, -0.25) is 0 Å². The molecule has 0 atom stereocenters. The molecule has 2 rings (SSSR count). The second kappa shape index (κ2) is 8.29. The van der Waals surface area contributed by atoms with Crippen molar-refractivity contribution in [2.75, 3.05) is 31.1 Å². The molecule has 0 aromatic carbocycles. The van der Waals surface area contributed by atoms with Gasteiger partial charge in [-0.15, -0.1) is 11.3 Å². The molecule has 4 heteroatoms. The van der Waals surface area contributed by atoms with Crippen molar-refractivity contribution in [1.82, 2.24) is 5.32 Å². The maximum Gasteiger partial charge on any atom is 0.00585 e. The van der Waals surface area contributed by atoms with E-state index in [1.165, 1.54) is 29.5 Å². The highest BCUT2D eigenvalue weighted by molar-refractivity contribution is 7.99. The molecule has 0 saturated carbocycles. The molecule has 0 unspecified atom stereocenters. The third-order valence-corrected chi connectivity index (χ3v) is 3.74. The van der Waals surface area contributed by atoms with Crippen LogP contribution in [0, 0.1) is 0 Å². The Morgan fingerprint density at radius 1 is 1.36 bits per heavy atom. The van der Waals surface area contributed by atoms with E-state index in [0.717, 1.165) is 13.0 Å². The van der Waals surface area contributed by atoms with Gasteiger partial charge in [-0.05, 0) is 24.4 Å². The Morgan fingerprint density at radius 3 is 2.50 bits per heavy atom. The van der Waals surface area contributed by atoms with Crippen LogP contribution in [0.25, 0.3) is 0 Å². The zero-order valence-corrected chi connectivity index (χ0v) is 10.0. The zero-order chi connectivity index (χ0) is 10.1. The second-order valence-electron chi connectivity index (χ2n) is 2.98. The summed E-state index contributed by atoms with van der Waals surface area (Å²) >= 11 is 3.80. The molecular formula is C10H18N2S2. The first-order valence-corrected chi connectivity index (χ1v) is 6.98. The lowest BCUT2D eigenvalue weighted by Gasteiger charge is -2.08. The van der Waals surface area contributed by atoms with E-state index in [1.54, 1.807) is 11.3 Å². The predicted molar refractivity (Wildman–Crippen MR) is 67.3 cm³/mol. The van der Waals surface area contributed by atoms with Crippen LogP contribution in [0.2, 0.25) is 0 Å². The maximum absolute atomic E-state index is 5.33. The third-order valence-electron chi connectivity index (χ3n) is 1.82. The van der Waals surface area contributed by atoms with Gasteiger partial charge in [0.1, 0.15) is 0 Å². The number of hydrogen-bond acceptors (Lipinski definition) is 4. The lowest BCUT2D eigenvalue weighted by atomic mass is 10.3. The van der Waals surface area contributed by atoms with E-state index in [9.17, 15) is 0 Å². The van der Waals surface area contributed by atoms with Crippen molar-refractivity contribution in [3.05, 3.63) is 22.4 Å². The molecule has 14 heavy (non-hydrogen) atoms. The molecule has 0 aliphatic carbocycles. The van der Waals surface area contributed by atoms with Gasteiger partial charge in [0, 0.05) is 29.5 Å². The molecule has 1 saturated heterocycles. The van der Waals surface area contributed by atoms with Crippen LogP contribution in [0.5, 0.6) is 0 Å². The van der Waals surface area contributed by atoms with Crippen molar-refractivity contribution in [3.63, 3.8) is 0 Å². The van der Waals surface area contributed by atoms with Crippen LogP contribution in [0.1, 0.15) is 4.88 Å². The monoisotopic (exact) mass is 230 g/mol. The number of thiophene rings is 1. The normalized spacial score (nSPS) is 15.8. The minimum Gasteiger partial charge on any atom is -0.330 e. The highest BCUT2D eigenvalue weighted by Gasteiger charge is 1.93. The van der Waals surface area contributed by atoms with E-state index in [1.807, 2.05) is 11.8 Å². The summed E-state index contributed by atoms with van der Waals surface area (Å²) in [6.45, 7) is 3.19. The smallest absolute Gasteiger partial charge is 0.00585 e. The Bertz CT molecular complexity index is 196. The molecule has 0 amide bonds. The molecule has 2 heterocycles. The van der Waals surface area contributed by atoms with E-state index < -0.39 is 0 Å². The average Bonchev–Trinajstić information content (AvgIpc) is 2.75. The molecule has 2 nitrogen and oxygen atoms in total. The van der Waals surface area contributed by atoms with E-state index in [2.05, 4.69) is 22.8 Å². The van der Waals surface area contributed by atoms with Crippen molar-refractivity contribution >= 4 is 23.1 Å². The van der Waals surface area contributed by atoms with Gasteiger partial charge in [-0.1, -0.05) is 6.07 Å². The summed E-state index contributed by atoms with van der Waals surface area (Å²) in [6, 6.07) is 4.16. The summed E-state index contributed by atoms with van der Waals surface area (Å²) in [7, 11) is 0. The highest BCUT2D eigenvalue weighted by Crippen LogP contribution is 2.07. The third kappa shape index (κ3) is 5.65. The molecule has 80 valence electrons. The van der Waals surface area contributed by atoms with Crippen molar-refractivity contribution in [3.8, 4) is 0 Å². The Kier molecular flexibility index (Phi) is 7.13. The number of thioether (sulfide) groups is 1. The summed E-state index contributed by atoms with van der Waals surface area (Å²) < 4.78 is 0. The van der Waals surface area contributed by atoms with E-state index >= 15 is 0 Å². The standard InChI is InChI=1S/C6H9NS.C4H9NS/c7-4-3-6-2-1-5-8-6;1-3-6-4-2-5-1/h1-2,5H,3-4,7H2;5H,1-4H2. The van der Waals surface area contributed by atoms with Crippen molar-refractivity contribution in [2.45, 2.75) is 6.42 Å². The van der Waals surface area contributed by atoms with Gasteiger partial charge in [0.05, 0.1) is 0 Å². The van der Waals surface area contributed by atoms with Crippen LogP contribution in [-0.2, 0) is 6.42 Å². The topological polar surface area (TPSA) is 38.0 Å². The van der Waals surface area contributed by atoms with Crippen LogP contribution < -0.4 is 11.1 Å². The highest BCUT2D eigenvalue weighted by atomic mass is 32.2. The number of nitrogens with two attached hydrogens (primary N) is 1.